The van der Waals surface area contributed by atoms with E-state index in [-0.39, 0.29) is 0 Å². The fraction of sp³-hybridized carbons (Fsp3) is 0.900. The molecule has 0 N–H and O–H groups in total. The van der Waals surface area contributed by atoms with E-state index in [0.29, 0.717) is 0 Å². The second kappa shape index (κ2) is 4.09. The molecule has 2 aliphatic heterocycles. The summed E-state index contributed by atoms with van der Waals surface area (Å²) in [5, 5.41) is 0. The molecule has 0 saturated carbocycles. The van der Waals surface area contributed by atoms with E-state index in [1.807, 2.05) is 0 Å². The summed E-state index contributed by atoms with van der Waals surface area (Å²) in [7, 11) is 0. The highest BCUT2D eigenvalue weighted by Gasteiger charge is 2.22. The number of amidine groups is 1. The Kier molecular flexibility index (Phi) is 2.83. The quantitative estimate of drug-likeness (QED) is 0.402. The van der Waals surface area contributed by atoms with Gasteiger partial charge in [-0.1, -0.05) is 0 Å². The van der Waals surface area contributed by atoms with Gasteiger partial charge in [0.25, 0.3) is 0 Å². The average molecular weight is 183 g/mol. The summed E-state index contributed by atoms with van der Waals surface area (Å²) < 4.78 is 7.84. The second-order valence-corrected chi connectivity index (χ2v) is 3.84. The van der Waals surface area contributed by atoms with Crippen LogP contribution in [0.2, 0.25) is 0 Å². The number of morpholine rings is 1. The molecule has 0 aromatic heterocycles. The molecule has 2 heterocycles. The van der Waals surface area contributed by atoms with Crippen molar-refractivity contribution in [1.29, 1.82) is 0 Å². The van der Waals surface area contributed by atoms with Gasteiger partial charge in [0.1, 0.15) is 13.1 Å². The van der Waals surface area contributed by atoms with E-state index in [9.17, 15) is 0 Å². The largest absolute Gasteiger partial charge is 0.373 e. The Morgan fingerprint density at radius 2 is 1.77 bits per heavy atom. The topological polar surface area (TPSA) is 15.5 Å². The van der Waals surface area contributed by atoms with Crippen LogP contribution in [-0.4, -0.2) is 54.7 Å². The molecule has 2 saturated heterocycles. The first kappa shape index (κ1) is 9.00. The predicted octanol–water partition coefficient (Wildman–Crippen LogP) is 0.543. The molecular weight excluding hydrogens is 164 g/mol. The van der Waals surface area contributed by atoms with Crippen molar-refractivity contribution in [2.24, 2.45) is 0 Å². The Bertz CT molecular complexity index is 199. The van der Waals surface area contributed by atoms with Crippen molar-refractivity contribution in [3.8, 4) is 0 Å². The molecule has 13 heavy (non-hydrogen) atoms. The highest BCUT2D eigenvalue weighted by Crippen LogP contribution is 2.05. The molecular formula is C10H19N2O+. The third kappa shape index (κ3) is 2.02. The lowest BCUT2D eigenvalue weighted by atomic mass is 10.4. The molecule has 0 bridgehead atoms. The monoisotopic (exact) mass is 183 g/mol. The van der Waals surface area contributed by atoms with E-state index in [0.717, 1.165) is 26.3 Å². The van der Waals surface area contributed by atoms with Gasteiger partial charge in [0, 0.05) is 6.92 Å². The van der Waals surface area contributed by atoms with Gasteiger partial charge in [-0.05, 0) is 12.8 Å². The normalized spacial score (nSPS) is 23.8. The zero-order valence-electron chi connectivity index (χ0n) is 8.46. The molecule has 0 aromatic carbocycles. The maximum Gasteiger partial charge on any atom is 0.243 e. The van der Waals surface area contributed by atoms with E-state index in [1.54, 1.807) is 0 Å². The maximum atomic E-state index is 5.34. The van der Waals surface area contributed by atoms with Crippen molar-refractivity contribution in [2.75, 3.05) is 39.4 Å². The summed E-state index contributed by atoms with van der Waals surface area (Å²) in [4.78, 5) is 2.45. The van der Waals surface area contributed by atoms with Gasteiger partial charge in [0.05, 0.1) is 26.3 Å². The van der Waals surface area contributed by atoms with Gasteiger partial charge < -0.3 is 4.74 Å². The van der Waals surface area contributed by atoms with Crippen molar-refractivity contribution < 1.29 is 9.31 Å². The number of hydrogen-bond donors (Lipinski definition) is 0. The molecule has 0 unspecified atom stereocenters. The summed E-state index contributed by atoms with van der Waals surface area (Å²) >= 11 is 0. The fourth-order valence-electron chi connectivity index (χ4n) is 2.13. The maximum absolute atomic E-state index is 5.34. The average Bonchev–Trinajstić information content (AvgIpc) is 2.71. The molecule has 0 atom stereocenters. The molecule has 2 aliphatic rings. The first-order chi connectivity index (χ1) is 6.38. The van der Waals surface area contributed by atoms with Gasteiger partial charge in [0.2, 0.25) is 5.84 Å². The highest BCUT2D eigenvalue weighted by molar-refractivity contribution is 5.74. The summed E-state index contributed by atoms with van der Waals surface area (Å²) in [6.07, 6.45) is 2.73. The minimum absolute atomic E-state index is 0.894. The Balaban J connectivity index is 2.00. The van der Waals surface area contributed by atoms with Crippen LogP contribution in [0.25, 0.3) is 0 Å². The molecule has 0 radical (unpaired) electrons. The van der Waals surface area contributed by atoms with Gasteiger partial charge in [-0.2, -0.15) is 0 Å². The van der Waals surface area contributed by atoms with Crippen LogP contribution in [0.4, 0.5) is 0 Å². The number of rotatable bonds is 0. The molecule has 0 spiro atoms. The third-order valence-electron chi connectivity index (χ3n) is 3.03. The zero-order valence-corrected chi connectivity index (χ0v) is 8.46. The van der Waals surface area contributed by atoms with E-state index >= 15 is 0 Å². The summed E-state index contributed by atoms with van der Waals surface area (Å²) in [5.41, 5.74) is 0. The molecule has 3 heteroatoms. The van der Waals surface area contributed by atoms with Gasteiger partial charge >= 0.3 is 0 Å². The fourth-order valence-corrected chi connectivity index (χ4v) is 2.13. The molecule has 3 nitrogen and oxygen atoms in total. The molecule has 2 rings (SSSR count). The van der Waals surface area contributed by atoms with Crippen LogP contribution < -0.4 is 0 Å². The van der Waals surface area contributed by atoms with Crippen molar-refractivity contribution in [3.05, 3.63) is 0 Å². The number of hydrogen-bond acceptors (Lipinski definition) is 1. The standard InChI is InChI=1S/C10H19N2O/c1-10(11-4-2-3-5-11)12-6-8-13-9-7-12/h2-9H2,1H3/q+1. The first-order valence-corrected chi connectivity index (χ1v) is 5.29. The lowest BCUT2D eigenvalue weighted by Crippen LogP contribution is -2.43. The van der Waals surface area contributed by atoms with E-state index in [2.05, 4.69) is 16.4 Å². The molecule has 0 amide bonds. The van der Waals surface area contributed by atoms with Crippen LogP contribution in [0.15, 0.2) is 0 Å². The predicted molar refractivity (Wildman–Crippen MR) is 52.3 cm³/mol. The molecule has 74 valence electrons. The van der Waals surface area contributed by atoms with Crippen LogP contribution in [0, 0.1) is 0 Å². The smallest absolute Gasteiger partial charge is 0.243 e. The van der Waals surface area contributed by atoms with Crippen LogP contribution in [0.1, 0.15) is 19.8 Å². The van der Waals surface area contributed by atoms with Crippen LogP contribution in [-0.2, 0) is 4.74 Å². The minimum Gasteiger partial charge on any atom is -0.373 e. The lowest BCUT2D eigenvalue weighted by Gasteiger charge is -2.23. The molecule has 0 aliphatic carbocycles. The van der Waals surface area contributed by atoms with Crippen molar-refractivity contribution in [3.63, 3.8) is 0 Å². The van der Waals surface area contributed by atoms with Gasteiger partial charge in [-0.25, -0.2) is 0 Å². The van der Waals surface area contributed by atoms with E-state index in [4.69, 9.17) is 4.74 Å². The highest BCUT2D eigenvalue weighted by atomic mass is 16.5. The second-order valence-electron chi connectivity index (χ2n) is 3.84. The summed E-state index contributed by atoms with van der Waals surface area (Å²) in [6, 6.07) is 0. The Labute approximate surface area is 80.0 Å². The Morgan fingerprint density at radius 1 is 1.15 bits per heavy atom. The zero-order chi connectivity index (χ0) is 9.10. The van der Waals surface area contributed by atoms with Crippen LogP contribution >= 0.6 is 0 Å². The van der Waals surface area contributed by atoms with Gasteiger partial charge in [0.15, 0.2) is 0 Å². The van der Waals surface area contributed by atoms with Gasteiger partial charge in [-0.15, -0.1) is 0 Å². The minimum atomic E-state index is 0.894. The number of ether oxygens (including phenoxy) is 1. The Hall–Kier alpha value is -0.570. The van der Waals surface area contributed by atoms with Crippen molar-refractivity contribution in [1.82, 2.24) is 4.90 Å². The molecule has 2 fully saturated rings. The van der Waals surface area contributed by atoms with Crippen LogP contribution in [0.3, 0.4) is 0 Å². The van der Waals surface area contributed by atoms with Gasteiger partial charge in [-0.3, -0.25) is 9.48 Å². The van der Waals surface area contributed by atoms with E-state index in [1.165, 1.54) is 31.8 Å². The molecule has 0 aromatic rings. The summed E-state index contributed by atoms with van der Waals surface area (Å²) in [5.74, 6) is 1.46. The number of nitrogens with zero attached hydrogens (tertiary/aromatic N) is 2. The SMILES string of the molecule is CC(N1CCOCC1)=[N+]1CCCC1. The van der Waals surface area contributed by atoms with Crippen molar-refractivity contribution >= 4 is 5.84 Å². The Morgan fingerprint density at radius 3 is 2.38 bits per heavy atom. The summed E-state index contributed by atoms with van der Waals surface area (Å²) in [6.45, 7) is 8.68. The first-order valence-electron chi connectivity index (χ1n) is 5.29. The van der Waals surface area contributed by atoms with Crippen LogP contribution in [0.5, 0.6) is 0 Å². The van der Waals surface area contributed by atoms with Crippen molar-refractivity contribution in [2.45, 2.75) is 19.8 Å². The third-order valence-corrected chi connectivity index (χ3v) is 3.03. The van der Waals surface area contributed by atoms with E-state index < -0.39 is 0 Å². The lowest BCUT2D eigenvalue weighted by molar-refractivity contribution is -0.511.